The Morgan fingerprint density at radius 3 is 2.28 bits per heavy atom. The van der Waals surface area contributed by atoms with E-state index < -0.39 is 11.7 Å². The number of hydrogen-bond donors (Lipinski definition) is 1. The highest BCUT2D eigenvalue weighted by Gasteiger charge is 2.29. The number of rotatable bonds is 5. The molecule has 0 aliphatic carbocycles. The van der Waals surface area contributed by atoms with Crippen LogP contribution in [0.1, 0.15) is 16.1 Å². The maximum atomic E-state index is 12.5. The van der Waals surface area contributed by atoms with Crippen LogP contribution in [0.4, 0.5) is 13.2 Å². The van der Waals surface area contributed by atoms with E-state index in [4.69, 9.17) is 11.6 Å². The Balaban J connectivity index is 1.55. The highest BCUT2D eigenvalue weighted by molar-refractivity contribution is 7.15. The number of thiazole rings is 1. The zero-order valence-corrected chi connectivity index (χ0v) is 14.6. The summed E-state index contributed by atoms with van der Waals surface area (Å²) in [5.41, 5.74) is 1.21. The number of aromatic nitrogens is 1. The van der Waals surface area contributed by atoms with E-state index in [1.807, 2.05) is 30.5 Å². The first kappa shape index (κ1) is 17.9. The minimum absolute atomic E-state index is 0.480. The lowest BCUT2D eigenvalue weighted by Crippen LogP contribution is -2.12. The molecule has 7 heteroatoms. The Morgan fingerprint density at radius 2 is 1.64 bits per heavy atom. The summed E-state index contributed by atoms with van der Waals surface area (Å²) in [6.07, 6.45) is -2.49. The molecule has 0 radical (unpaired) electrons. The van der Waals surface area contributed by atoms with Crippen LogP contribution in [0.25, 0.3) is 10.4 Å². The van der Waals surface area contributed by atoms with Crippen molar-refractivity contribution in [1.82, 2.24) is 10.3 Å². The molecular weight excluding hydrogens is 369 g/mol. The normalized spacial score (nSPS) is 11.7. The molecule has 0 aliphatic rings. The number of hydrogen-bond acceptors (Lipinski definition) is 3. The molecule has 0 atom stereocenters. The van der Waals surface area contributed by atoms with Crippen molar-refractivity contribution in [3.8, 4) is 10.4 Å². The van der Waals surface area contributed by atoms with Gasteiger partial charge in [-0.25, -0.2) is 4.98 Å². The molecule has 1 N–H and O–H groups in total. The summed E-state index contributed by atoms with van der Waals surface area (Å²) in [6.45, 7) is 1.03. The third kappa shape index (κ3) is 4.81. The van der Waals surface area contributed by atoms with E-state index in [1.165, 1.54) is 12.1 Å². The van der Waals surface area contributed by atoms with Gasteiger partial charge in [0.2, 0.25) is 0 Å². The Bertz CT molecular complexity index is 827. The van der Waals surface area contributed by atoms with Gasteiger partial charge < -0.3 is 5.32 Å². The third-order valence-electron chi connectivity index (χ3n) is 3.57. The quantitative estimate of drug-likeness (QED) is 0.605. The van der Waals surface area contributed by atoms with Gasteiger partial charge in [-0.05, 0) is 35.4 Å². The van der Waals surface area contributed by atoms with E-state index >= 15 is 0 Å². The lowest BCUT2D eigenvalue weighted by Gasteiger charge is -2.08. The van der Waals surface area contributed by atoms with Crippen LogP contribution >= 0.6 is 22.9 Å². The molecule has 1 aromatic heterocycles. The minimum atomic E-state index is -4.30. The molecule has 25 heavy (non-hydrogen) atoms. The van der Waals surface area contributed by atoms with Crippen molar-refractivity contribution in [1.29, 1.82) is 0 Å². The molecule has 0 aliphatic heterocycles. The van der Waals surface area contributed by atoms with Gasteiger partial charge in [0, 0.05) is 24.3 Å². The van der Waals surface area contributed by atoms with Crippen LogP contribution in [0.5, 0.6) is 0 Å². The first-order valence-electron chi connectivity index (χ1n) is 7.49. The first-order chi connectivity index (χ1) is 11.9. The van der Waals surface area contributed by atoms with Crippen molar-refractivity contribution in [2.24, 2.45) is 0 Å². The van der Waals surface area contributed by atoms with Gasteiger partial charge in [-0.2, -0.15) is 13.2 Å². The predicted octanol–water partition coefficient (Wildman–Crippen LogP) is 5.77. The smallest absolute Gasteiger partial charge is 0.306 e. The zero-order valence-electron chi connectivity index (χ0n) is 13.0. The number of nitrogens with one attached hydrogen (secondary N) is 1. The lowest BCUT2D eigenvalue weighted by atomic mass is 10.1. The summed E-state index contributed by atoms with van der Waals surface area (Å²) in [5, 5.41) is 4.80. The second-order valence-electron chi connectivity index (χ2n) is 5.42. The number of alkyl halides is 3. The monoisotopic (exact) mass is 382 g/mol. The zero-order chi connectivity index (χ0) is 17.9. The lowest BCUT2D eigenvalue weighted by molar-refractivity contribution is -0.137. The van der Waals surface area contributed by atoms with Crippen molar-refractivity contribution in [2.45, 2.75) is 19.3 Å². The second-order valence-corrected chi connectivity index (χ2v) is 6.98. The van der Waals surface area contributed by atoms with E-state index in [2.05, 4.69) is 10.3 Å². The Hall–Kier alpha value is -1.89. The van der Waals surface area contributed by atoms with Gasteiger partial charge in [0.1, 0.15) is 5.01 Å². The summed E-state index contributed by atoms with van der Waals surface area (Å²) in [5.74, 6) is 0. The molecule has 0 spiro atoms. The first-order valence-corrected chi connectivity index (χ1v) is 8.69. The van der Waals surface area contributed by atoms with Crippen LogP contribution in [0, 0.1) is 0 Å². The number of benzene rings is 2. The molecule has 3 rings (SSSR count). The second kappa shape index (κ2) is 7.56. The summed E-state index contributed by atoms with van der Waals surface area (Å²) in [7, 11) is 0. The number of halogens is 4. The molecule has 3 aromatic rings. The summed E-state index contributed by atoms with van der Waals surface area (Å²) >= 11 is 7.45. The van der Waals surface area contributed by atoms with Crippen molar-refractivity contribution in [3.63, 3.8) is 0 Å². The fourth-order valence-electron chi connectivity index (χ4n) is 2.26. The molecule has 0 saturated heterocycles. The Morgan fingerprint density at radius 1 is 0.960 bits per heavy atom. The van der Waals surface area contributed by atoms with Gasteiger partial charge in [-0.1, -0.05) is 35.9 Å². The molecule has 0 amide bonds. The fraction of sp³-hybridized carbons (Fsp3) is 0.167. The average Bonchev–Trinajstić information content (AvgIpc) is 3.04. The van der Waals surface area contributed by atoms with Crippen molar-refractivity contribution in [2.75, 3.05) is 0 Å². The van der Waals surface area contributed by atoms with Gasteiger partial charge in [0.15, 0.2) is 0 Å². The topological polar surface area (TPSA) is 24.9 Å². The van der Waals surface area contributed by atoms with Gasteiger partial charge >= 0.3 is 6.18 Å². The van der Waals surface area contributed by atoms with Gasteiger partial charge in [-0.3, -0.25) is 0 Å². The minimum Gasteiger partial charge on any atom is -0.306 e. The number of nitrogens with zero attached hydrogens (tertiary/aromatic N) is 1. The summed E-state index contributed by atoms with van der Waals surface area (Å²) in [4.78, 5) is 5.41. The molecule has 0 bridgehead atoms. The molecule has 2 aromatic carbocycles. The van der Waals surface area contributed by atoms with Gasteiger partial charge in [-0.15, -0.1) is 11.3 Å². The van der Waals surface area contributed by atoms with Crippen LogP contribution < -0.4 is 5.32 Å². The highest BCUT2D eigenvalue weighted by atomic mass is 35.5. The maximum absolute atomic E-state index is 12.5. The highest BCUT2D eigenvalue weighted by Crippen LogP contribution is 2.29. The van der Waals surface area contributed by atoms with E-state index in [0.717, 1.165) is 33.1 Å². The summed E-state index contributed by atoms with van der Waals surface area (Å²) < 4.78 is 37.6. The van der Waals surface area contributed by atoms with Gasteiger partial charge in [0.25, 0.3) is 0 Å². The Kier molecular flexibility index (Phi) is 5.42. The maximum Gasteiger partial charge on any atom is 0.416 e. The Labute approximate surface area is 152 Å². The molecule has 2 nitrogen and oxygen atoms in total. The van der Waals surface area contributed by atoms with E-state index in [-0.39, 0.29) is 0 Å². The van der Waals surface area contributed by atoms with Gasteiger partial charge in [0.05, 0.1) is 10.4 Å². The fourth-order valence-corrected chi connectivity index (χ4v) is 3.28. The SMILES string of the molecule is FC(F)(F)c1ccc(CNCc2ncc(-c3ccc(Cl)cc3)s2)cc1. The third-order valence-corrected chi connectivity index (χ3v) is 4.87. The largest absolute Gasteiger partial charge is 0.416 e. The van der Waals surface area contributed by atoms with E-state index in [1.54, 1.807) is 11.3 Å². The van der Waals surface area contributed by atoms with Crippen molar-refractivity contribution >= 4 is 22.9 Å². The van der Waals surface area contributed by atoms with Crippen LogP contribution in [-0.2, 0) is 19.3 Å². The predicted molar refractivity (Wildman–Crippen MR) is 94.5 cm³/mol. The molecule has 0 fully saturated rings. The molecule has 0 unspecified atom stereocenters. The van der Waals surface area contributed by atoms with Crippen molar-refractivity contribution in [3.05, 3.63) is 75.9 Å². The standard InChI is InChI=1S/C18H14ClF3N2S/c19-15-7-3-13(4-8-15)16-10-24-17(25-16)11-23-9-12-1-5-14(6-2-12)18(20,21)22/h1-8,10,23H,9,11H2. The van der Waals surface area contributed by atoms with Crippen LogP contribution in [0.15, 0.2) is 54.7 Å². The molecule has 0 saturated carbocycles. The summed E-state index contributed by atoms with van der Waals surface area (Å²) in [6, 6.07) is 12.7. The van der Waals surface area contributed by atoms with Crippen LogP contribution in [0.2, 0.25) is 5.02 Å². The molecular formula is C18H14ClF3N2S. The molecule has 1 heterocycles. The average molecular weight is 383 g/mol. The van der Waals surface area contributed by atoms with Crippen molar-refractivity contribution < 1.29 is 13.2 Å². The van der Waals surface area contributed by atoms with E-state index in [9.17, 15) is 13.2 Å². The van der Waals surface area contributed by atoms with Crippen LogP contribution in [0.3, 0.4) is 0 Å². The van der Waals surface area contributed by atoms with Crippen LogP contribution in [-0.4, -0.2) is 4.98 Å². The van der Waals surface area contributed by atoms with E-state index in [0.29, 0.717) is 18.1 Å². The molecule has 130 valence electrons.